The van der Waals surface area contributed by atoms with Gasteiger partial charge in [-0.3, -0.25) is 9.11 Å². The molecule has 0 atom stereocenters. The first-order valence-corrected chi connectivity index (χ1v) is 23.1. The fourth-order valence-corrected chi connectivity index (χ4v) is 7.14. The van der Waals surface area contributed by atoms with Gasteiger partial charge in [-0.1, -0.05) is 28.3 Å². The number of anilines is 1. The van der Waals surface area contributed by atoms with Gasteiger partial charge in [0, 0.05) is 41.2 Å². The molecule has 0 saturated carbocycles. The van der Waals surface area contributed by atoms with E-state index in [1.165, 1.54) is 25.2 Å². The van der Waals surface area contributed by atoms with Crippen molar-refractivity contribution in [3.05, 3.63) is 68.4 Å². The zero-order valence-electron chi connectivity index (χ0n) is 33.8. The third kappa shape index (κ3) is 23.1. The number of hydrogen-bond donors (Lipinski definition) is 5. The van der Waals surface area contributed by atoms with E-state index in [4.69, 9.17) is 35.0 Å². The Morgan fingerprint density at radius 1 is 0.594 bits per heavy atom. The molecule has 0 fully saturated rings. The van der Waals surface area contributed by atoms with Crippen LogP contribution in [0.25, 0.3) is 10.8 Å². The Morgan fingerprint density at radius 2 is 1.03 bits per heavy atom. The third-order valence-electron chi connectivity index (χ3n) is 6.59. The number of azo groups is 2. The normalized spacial score (nSPS) is 11.6. The molecule has 331 valence electrons. The van der Waals surface area contributed by atoms with Crippen molar-refractivity contribution in [3.8, 4) is 11.5 Å². The fraction of sp³-hybridized carbons (Fsp3) is 0.111. The molecule has 4 aromatic rings. The van der Waals surface area contributed by atoms with Crippen LogP contribution < -0.4 is 153 Å². The van der Waals surface area contributed by atoms with E-state index in [9.17, 15) is 53.0 Å². The average Bonchev–Trinajstić information content (AvgIpc) is 3.08. The Bertz CT molecular complexity index is 2960. The largest absolute Gasteiger partial charge is 1.00 e. The topological polar surface area (TPSA) is 439 Å². The minimum absolute atomic E-state index is 0. The summed E-state index contributed by atoms with van der Waals surface area (Å²) in [5.41, 5.74) is -1.36. The zero-order valence-corrected chi connectivity index (χ0v) is 49.6. The molecule has 0 aliphatic heterocycles. The Morgan fingerprint density at radius 3 is 1.47 bits per heavy atom. The number of benzene rings is 4. The molecule has 4 aromatic carbocycles. The van der Waals surface area contributed by atoms with Crippen LogP contribution in [-0.2, 0) is 77.8 Å². The van der Waals surface area contributed by atoms with E-state index in [2.05, 4.69) is 45.7 Å². The van der Waals surface area contributed by atoms with Crippen LogP contribution in [-0.4, -0.2) is 107 Å². The number of fused-ring (bicyclic) bond motifs is 1. The number of sulfone groups is 2. The van der Waals surface area contributed by atoms with Crippen LogP contribution in [0.3, 0.4) is 0 Å². The summed E-state index contributed by atoms with van der Waals surface area (Å²) in [5.74, 6) is -3.13. The number of phenols is 2. The second kappa shape index (κ2) is 29.8. The van der Waals surface area contributed by atoms with Crippen LogP contribution in [0.2, 0.25) is 0 Å². The van der Waals surface area contributed by atoms with Crippen molar-refractivity contribution in [3.63, 3.8) is 0 Å². The average molecular weight is 1110 g/mol. The Labute approximate surface area is 489 Å². The van der Waals surface area contributed by atoms with Gasteiger partial charge in [-0.25, -0.2) is 50.5 Å². The van der Waals surface area contributed by atoms with Crippen LogP contribution >= 0.6 is 0 Å². The first kappa shape index (κ1) is 73.7. The van der Waals surface area contributed by atoms with Gasteiger partial charge >= 0.3 is 148 Å². The minimum atomic E-state index is -5.37. The van der Waals surface area contributed by atoms with Crippen molar-refractivity contribution >= 4 is 99.9 Å². The molecule has 1 radical (unpaired) electrons. The van der Waals surface area contributed by atoms with E-state index < -0.39 is 120 Å². The number of aromatic hydroxyl groups is 2. The molecule has 0 amide bonds. The van der Waals surface area contributed by atoms with E-state index in [1.54, 1.807) is 0 Å². The summed E-state index contributed by atoms with van der Waals surface area (Å²) in [7, 11) is -27.1. The smallest absolute Gasteiger partial charge is 0.744 e. The number of rotatable bonds is 11. The van der Waals surface area contributed by atoms with E-state index in [-0.39, 0.29) is 187 Å². The predicted octanol–water partition coefficient (Wildman–Crippen LogP) is -13.0. The van der Waals surface area contributed by atoms with Gasteiger partial charge in [-0.15, -0.1) is 5.11 Å². The minimum Gasteiger partial charge on any atom is -0.744 e. The maximum absolute atomic E-state index is 12.3. The second-order valence-corrected chi connectivity index (χ2v) is 19.0. The maximum Gasteiger partial charge on any atom is 1.00 e. The fourth-order valence-electron chi connectivity index (χ4n) is 4.11. The summed E-state index contributed by atoms with van der Waals surface area (Å²) in [6.45, 7) is 6.51. The van der Waals surface area contributed by atoms with Gasteiger partial charge in [-0.05, 0) is 36.4 Å². The van der Waals surface area contributed by atoms with E-state index in [0.29, 0.717) is 12.1 Å². The van der Waals surface area contributed by atoms with Crippen molar-refractivity contribution in [2.24, 2.45) is 20.5 Å². The van der Waals surface area contributed by atoms with E-state index >= 15 is 0 Å². The molecule has 0 spiro atoms. The molecule has 0 aromatic heterocycles. The van der Waals surface area contributed by atoms with E-state index in [1.807, 2.05) is 0 Å². The monoisotopic (exact) mass is 1110 g/mol. The molecule has 37 heteroatoms. The number of nitrogens with one attached hydrogen (secondary N) is 1. The molecule has 4 rings (SSSR count). The van der Waals surface area contributed by atoms with Gasteiger partial charge in [-0.2, -0.15) is 27.5 Å². The summed E-state index contributed by atoms with van der Waals surface area (Å²) in [5, 5.41) is 39.6. The SMILES string of the molecule is O=S(=O)([O-])O.O=S(=O)([O-])O.[CH2-]CS(=O)(=O)c1ccc(N=Nc2c(NC)ccc3c(O)c(N=Nc4cc(S(=O)(=O)C[CH2-])cc(S(=O)(=O)[O-])c4O)[c-]cc23)c(S(=O)(=O)[O-])c1.[Cu].[Na+].[Na+].[Na+].[Na+].[Na+]. The van der Waals surface area contributed by atoms with Crippen molar-refractivity contribution < 1.29 is 253 Å². The molecule has 64 heavy (non-hydrogen) atoms. The molecule has 5 N–H and O–H groups in total. The molecular formula is C27H24CuN5Na5O20S6-2. The van der Waals surface area contributed by atoms with Crippen molar-refractivity contribution in [1.82, 2.24) is 0 Å². The first-order chi connectivity index (χ1) is 26.2. The molecule has 0 aliphatic rings. The summed E-state index contributed by atoms with van der Waals surface area (Å²) in [6.07, 6.45) is 0. The standard InChI is InChI=1S/C27H24N5O12S4.Cu.5Na.2H2O4S/c1-4-45(35,36)15-6-9-19(23(13-15)47(39,40)41)29-32-25-17-7-11-21(26(33)18(17)8-10-20(25)28-3)30-31-22-12-16(46(37,38)5-2)14-24(27(22)34)48(42,43)44;;;;;;;2*1-5(2,3)4/h6-10,12-14,28,33-34H,1-2,4-5H2,3H3,(H,39,40,41)(H,42,43,44);;;;;;;2*(H2,1,2,3,4)/q-3;;5*+1;;/p-4. The van der Waals surface area contributed by atoms with Gasteiger partial charge in [0.05, 0.1) is 25.3 Å². The van der Waals surface area contributed by atoms with Crippen LogP contribution in [0.15, 0.2) is 88.6 Å². The Hall–Kier alpha value is 0.719. The van der Waals surface area contributed by atoms with Crippen molar-refractivity contribution in [2.75, 3.05) is 23.9 Å². The van der Waals surface area contributed by atoms with Crippen LogP contribution in [0.5, 0.6) is 11.5 Å². The van der Waals surface area contributed by atoms with Crippen LogP contribution in [0.1, 0.15) is 0 Å². The Balaban J connectivity index is -0.000000654. The Kier molecular flexibility index (Phi) is 34.3. The van der Waals surface area contributed by atoms with Crippen molar-refractivity contribution in [1.29, 1.82) is 0 Å². The van der Waals surface area contributed by atoms with Crippen LogP contribution in [0.4, 0.5) is 28.4 Å². The third-order valence-corrected chi connectivity index (χ3v) is 11.3. The summed E-state index contributed by atoms with van der Waals surface area (Å²) >= 11 is 0. The molecule has 0 heterocycles. The number of hydrogen-bond acceptors (Lipinski definition) is 23. The van der Waals surface area contributed by atoms with Gasteiger partial charge in [0.2, 0.25) is 20.8 Å². The summed E-state index contributed by atoms with van der Waals surface area (Å²) < 4.78 is 186. The van der Waals surface area contributed by atoms with Gasteiger partial charge < -0.3 is 47.6 Å². The molecule has 0 aliphatic carbocycles. The van der Waals surface area contributed by atoms with Crippen LogP contribution in [0, 0.1) is 19.9 Å². The summed E-state index contributed by atoms with van der Waals surface area (Å²) in [6, 6.07) is 10.5. The molecule has 0 unspecified atom stereocenters. The van der Waals surface area contributed by atoms with Gasteiger partial charge in [0.25, 0.3) is 0 Å². The number of phenolic OH excluding ortho intramolecular Hbond substituents is 2. The molecule has 0 saturated heterocycles. The first-order valence-electron chi connectivity index (χ1n) is 14.3. The predicted molar refractivity (Wildman–Crippen MR) is 192 cm³/mol. The summed E-state index contributed by atoms with van der Waals surface area (Å²) in [4.78, 5) is -3.40. The molecular weight excluding hydrogens is 1090 g/mol. The van der Waals surface area contributed by atoms with Crippen molar-refractivity contribution in [2.45, 2.75) is 19.6 Å². The molecule has 0 bridgehead atoms. The second-order valence-electron chi connectivity index (χ2n) is 10.4. The van der Waals surface area contributed by atoms with E-state index in [0.717, 1.165) is 18.2 Å². The zero-order chi connectivity index (χ0) is 44.8. The van der Waals surface area contributed by atoms with Gasteiger partial charge in [0.15, 0.2) is 25.4 Å². The van der Waals surface area contributed by atoms with Gasteiger partial charge in [0.1, 0.15) is 31.6 Å². The molecule has 25 nitrogen and oxygen atoms in total. The maximum atomic E-state index is 12.3. The number of nitrogens with zero attached hydrogens (tertiary/aromatic N) is 4. The quantitative estimate of drug-likeness (QED) is 0.0306.